The van der Waals surface area contributed by atoms with Crippen LogP contribution in [0.5, 0.6) is 0 Å². The summed E-state index contributed by atoms with van der Waals surface area (Å²) in [6, 6.07) is 7.47. The fourth-order valence-electron chi connectivity index (χ4n) is 3.43. The number of benzene rings is 1. The molecule has 0 heterocycles. The highest BCUT2D eigenvalue weighted by atomic mass is 28.3. The second-order valence-corrected chi connectivity index (χ2v) is 12.3. The van der Waals surface area contributed by atoms with Crippen LogP contribution in [0.1, 0.15) is 94.3 Å². The van der Waals surface area contributed by atoms with E-state index in [1.54, 1.807) is 12.1 Å². The predicted octanol–water partition coefficient (Wildman–Crippen LogP) is 7.21. The van der Waals surface area contributed by atoms with Crippen molar-refractivity contribution in [3.63, 3.8) is 0 Å². The lowest BCUT2D eigenvalue weighted by atomic mass is 10.1. The van der Waals surface area contributed by atoms with Crippen molar-refractivity contribution in [2.45, 2.75) is 90.5 Å². The molecule has 0 aliphatic carbocycles. The largest absolute Gasteiger partial charge is 0.373 e. The van der Waals surface area contributed by atoms with Gasteiger partial charge in [0.05, 0.1) is 12.2 Å². The van der Waals surface area contributed by atoms with Crippen LogP contribution in [0, 0.1) is 0 Å². The average molecular weight is 431 g/mol. The lowest BCUT2D eigenvalue weighted by molar-refractivity contribution is -0.241. The van der Waals surface area contributed by atoms with Gasteiger partial charge in [0.15, 0.2) is 0 Å². The van der Waals surface area contributed by atoms with E-state index in [4.69, 9.17) is 9.78 Å². The summed E-state index contributed by atoms with van der Waals surface area (Å²) in [7, 11) is -1.85. The van der Waals surface area contributed by atoms with Crippen LogP contribution in [0.2, 0.25) is 6.55 Å². The summed E-state index contributed by atoms with van der Waals surface area (Å²) >= 11 is 0. The van der Waals surface area contributed by atoms with E-state index >= 15 is 0 Å². The van der Waals surface area contributed by atoms with Crippen LogP contribution in [-0.4, -0.2) is 20.7 Å². The van der Waals surface area contributed by atoms with Crippen molar-refractivity contribution in [2.75, 3.05) is 6.61 Å². The van der Waals surface area contributed by atoms with E-state index in [2.05, 4.69) is 26.6 Å². The Hall–Kier alpha value is -1.65. The third kappa shape index (κ3) is 10.4. The molecule has 0 unspecified atom stereocenters. The standard InChI is InChI=1S/C26H42O3Si/c1-5-8-9-10-11-12-13-14-15-16-17-18-23-28-29-26(27)24-19-21-25(22-20-24)30(4,6-2)7-3/h6-7,19-22H,2-3,5,8-18,23H2,1,4H3. The maximum Gasteiger partial charge on any atom is 0.373 e. The van der Waals surface area contributed by atoms with Crippen LogP contribution in [0.15, 0.2) is 48.8 Å². The Morgan fingerprint density at radius 1 is 0.833 bits per heavy atom. The van der Waals surface area contributed by atoms with Crippen molar-refractivity contribution in [2.24, 2.45) is 0 Å². The first kappa shape index (κ1) is 26.4. The van der Waals surface area contributed by atoms with Crippen LogP contribution in [0.3, 0.4) is 0 Å². The molecule has 0 spiro atoms. The smallest absolute Gasteiger partial charge is 0.293 e. The highest BCUT2D eigenvalue weighted by molar-refractivity contribution is 6.98. The molecule has 0 amide bonds. The molecular formula is C26H42O3Si. The fraction of sp³-hybridized carbons (Fsp3) is 0.577. The number of rotatable bonds is 18. The van der Waals surface area contributed by atoms with Crippen LogP contribution in [-0.2, 0) is 9.78 Å². The van der Waals surface area contributed by atoms with Gasteiger partial charge in [0.25, 0.3) is 0 Å². The van der Waals surface area contributed by atoms with Gasteiger partial charge in [0, 0.05) is 0 Å². The van der Waals surface area contributed by atoms with Crippen LogP contribution in [0.25, 0.3) is 0 Å². The average Bonchev–Trinajstić information content (AvgIpc) is 2.78. The molecule has 4 heteroatoms. The van der Waals surface area contributed by atoms with Gasteiger partial charge >= 0.3 is 5.97 Å². The molecule has 0 bridgehead atoms. The van der Waals surface area contributed by atoms with Crippen molar-refractivity contribution < 1.29 is 14.6 Å². The Kier molecular flexibility index (Phi) is 14.2. The fourth-order valence-corrected chi connectivity index (χ4v) is 4.95. The normalized spacial score (nSPS) is 11.3. The van der Waals surface area contributed by atoms with E-state index in [0.29, 0.717) is 12.2 Å². The van der Waals surface area contributed by atoms with Crippen LogP contribution >= 0.6 is 0 Å². The number of unbranched alkanes of at least 4 members (excludes halogenated alkanes) is 11. The molecule has 1 aromatic carbocycles. The minimum atomic E-state index is -1.85. The lowest BCUT2D eigenvalue weighted by Crippen LogP contribution is -2.40. The number of carbonyl (C=O) groups excluding carboxylic acids is 1. The van der Waals surface area contributed by atoms with Gasteiger partial charge in [0.1, 0.15) is 8.07 Å². The zero-order valence-electron chi connectivity index (χ0n) is 19.3. The number of hydrogen-bond donors (Lipinski definition) is 0. The molecule has 0 saturated heterocycles. The Labute approximate surface area is 185 Å². The van der Waals surface area contributed by atoms with E-state index in [1.165, 1.54) is 69.4 Å². The summed E-state index contributed by atoms with van der Waals surface area (Å²) in [5.74, 6) is -0.443. The molecule has 0 fully saturated rings. The molecule has 3 nitrogen and oxygen atoms in total. The molecule has 30 heavy (non-hydrogen) atoms. The van der Waals surface area contributed by atoms with E-state index in [0.717, 1.165) is 12.8 Å². The molecule has 0 radical (unpaired) electrons. The topological polar surface area (TPSA) is 35.5 Å². The zero-order valence-corrected chi connectivity index (χ0v) is 20.3. The molecule has 168 valence electrons. The second kappa shape index (κ2) is 16.1. The molecule has 0 saturated carbocycles. The Bertz CT molecular complexity index is 601. The molecule has 0 aliphatic heterocycles. The van der Waals surface area contributed by atoms with Crippen molar-refractivity contribution in [3.8, 4) is 0 Å². The third-order valence-corrected chi connectivity index (χ3v) is 9.08. The summed E-state index contributed by atoms with van der Waals surface area (Å²) < 4.78 is 0. The molecular weight excluding hydrogens is 388 g/mol. The summed E-state index contributed by atoms with van der Waals surface area (Å²) in [4.78, 5) is 22.1. The Morgan fingerprint density at radius 3 is 1.77 bits per heavy atom. The first-order valence-corrected chi connectivity index (χ1v) is 14.4. The van der Waals surface area contributed by atoms with Crippen molar-refractivity contribution in [1.29, 1.82) is 0 Å². The monoisotopic (exact) mass is 430 g/mol. The third-order valence-electron chi connectivity index (χ3n) is 5.81. The summed E-state index contributed by atoms with van der Waals surface area (Å²) in [6.07, 6.45) is 15.5. The van der Waals surface area contributed by atoms with Crippen molar-refractivity contribution >= 4 is 19.2 Å². The van der Waals surface area contributed by atoms with Crippen LogP contribution in [0.4, 0.5) is 0 Å². The van der Waals surface area contributed by atoms with Gasteiger partial charge in [-0.1, -0.05) is 113 Å². The Balaban J connectivity index is 2.06. The van der Waals surface area contributed by atoms with Crippen molar-refractivity contribution in [1.82, 2.24) is 0 Å². The van der Waals surface area contributed by atoms with Gasteiger partial charge in [-0.3, -0.25) is 4.89 Å². The van der Waals surface area contributed by atoms with Crippen molar-refractivity contribution in [3.05, 3.63) is 54.4 Å². The quantitative estimate of drug-likeness (QED) is 0.107. The van der Waals surface area contributed by atoms with Crippen LogP contribution < -0.4 is 5.19 Å². The highest BCUT2D eigenvalue weighted by Gasteiger charge is 2.22. The minimum absolute atomic E-state index is 0.443. The summed E-state index contributed by atoms with van der Waals surface area (Å²) in [6.45, 7) is 12.7. The number of carbonyl (C=O) groups is 1. The highest BCUT2D eigenvalue weighted by Crippen LogP contribution is 2.12. The first-order chi connectivity index (χ1) is 14.6. The first-order valence-electron chi connectivity index (χ1n) is 11.8. The van der Waals surface area contributed by atoms with E-state index < -0.39 is 14.0 Å². The van der Waals surface area contributed by atoms with E-state index in [9.17, 15) is 4.79 Å². The Morgan fingerprint density at radius 2 is 1.30 bits per heavy atom. The van der Waals surface area contributed by atoms with Gasteiger partial charge < -0.3 is 0 Å². The van der Waals surface area contributed by atoms with Gasteiger partial charge in [-0.25, -0.2) is 4.79 Å². The lowest BCUT2D eigenvalue weighted by Gasteiger charge is -2.19. The minimum Gasteiger partial charge on any atom is -0.293 e. The molecule has 1 rings (SSSR count). The molecule has 0 aliphatic rings. The molecule has 0 atom stereocenters. The van der Waals surface area contributed by atoms with Gasteiger partial charge in [-0.2, -0.15) is 4.89 Å². The predicted molar refractivity (Wildman–Crippen MR) is 131 cm³/mol. The maximum atomic E-state index is 12.1. The van der Waals surface area contributed by atoms with E-state index in [-0.39, 0.29) is 0 Å². The van der Waals surface area contributed by atoms with Gasteiger partial charge in [-0.15, -0.1) is 13.2 Å². The maximum absolute atomic E-state index is 12.1. The van der Waals surface area contributed by atoms with Gasteiger partial charge in [0.2, 0.25) is 0 Å². The molecule has 1 aromatic rings. The SMILES string of the molecule is C=C[Si](C)(C=C)c1ccc(C(=O)OOCCCCCCCCCCCCCC)cc1. The second-order valence-electron chi connectivity index (χ2n) is 8.35. The van der Waals surface area contributed by atoms with Gasteiger partial charge in [-0.05, 0) is 18.6 Å². The number of hydrogen-bond acceptors (Lipinski definition) is 3. The summed E-state index contributed by atoms with van der Waals surface area (Å²) in [5, 5.41) is 1.17. The molecule has 0 N–H and O–H groups in total. The molecule has 0 aromatic heterocycles. The zero-order chi connectivity index (χ0) is 22.1. The summed E-state index contributed by atoms with van der Waals surface area (Å²) in [5.41, 5.74) is 4.45. The van der Waals surface area contributed by atoms with E-state index in [1.807, 2.05) is 23.5 Å².